The van der Waals surface area contributed by atoms with Gasteiger partial charge in [-0.3, -0.25) is 4.79 Å². The molecule has 1 amide bonds. The number of carbonyl (C=O) groups is 1. The van der Waals surface area contributed by atoms with Crippen LogP contribution in [0.5, 0.6) is 0 Å². The zero-order valence-corrected chi connectivity index (χ0v) is 15.3. The van der Waals surface area contributed by atoms with Crippen LogP contribution in [0.3, 0.4) is 0 Å². The molecule has 0 saturated carbocycles. The van der Waals surface area contributed by atoms with E-state index in [0.717, 1.165) is 31.0 Å². The summed E-state index contributed by atoms with van der Waals surface area (Å²) in [4.78, 5) is 14.7. The molecular formula is C15H25N3O3S2. The van der Waals surface area contributed by atoms with Gasteiger partial charge in [0.15, 0.2) is 0 Å². The van der Waals surface area contributed by atoms with Gasteiger partial charge in [0, 0.05) is 13.1 Å². The highest BCUT2D eigenvalue weighted by Crippen LogP contribution is 2.17. The van der Waals surface area contributed by atoms with Gasteiger partial charge >= 0.3 is 0 Å². The van der Waals surface area contributed by atoms with Gasteiger partial charge < -0.3 is 10.2 Å². The van der Waals surface area contributed by atoms with Gasteiger partial charge in [-0.1, -0.05) is 19.9 Å². The maximum Gasteiger partial charge on any atom is 0.250 e. The molecule has 1 aliphatic rings. The number of sulfonamides is 1. The van der Waals surface area contributed by atoms with Crippen LogP contribution in [0.25, 0.3) is 0 Å². The second-order valence-electron chi connectivity index (χ2n) is 6.11. The van der Waals surface area contributed by atoms with Gasteiger partial charge in [-0.2, -0.15) is 4.72 Å². The fraction of sp³-hybridized carbons (Fsp3) is 0.667. The van der Waals surface area contributed by atoms with Crippen LogP contribution in [0.2, 0.25) is 0 Å². The SMILES string of the molecule is CC(C)C(NS(=O)(=O)c1cccs1)C(=O)NCCN1CCCC1. The molecule has 130 valence electrons. The number of carbonyl (C=O) groups excluding carboxylic acids is 1. The Kier molecular flexibility index (Phi) is 6.58. The van der Waals surface area contributed by atoms with Crippen LogP contribution in [0.15, 0.2) is 21.7 Å². The largest absolute Gasteiger partial charge is 0.353 e. The van der Waals surface area contributed by atoms with Gasteiger partial charge in [-0.05, 0) is 43.3 Å². The number of hydrogen-bond acceptors (Lipinski definition) is 5. The predicted octanol–water partition coefficient (Wildman–Crippen LogP) is 1.26. The quantitative estimate of drug-likeness (QED) is 0.732. The first kappa shape index (κ1) is 18.4. The molecule has 0 spiro atoms. The van der Waals surface area contributed by atoms with Crippen LogP contribution >= 0.6 is 11.3 Å². The first-order valence-corrected chi connectivity index (χ1v) is 10.3. The number of thiophene rings is 1. The van der Waals surface area contributed by atoms with Crippen molar-refractivity contribution in [3.05, 3.63) is 17.5 Å². The Morgan fingerprint density at radius 3 is 2.61 bits per heavy atom. The standard InChI is InChI=1S/C15H25N3O3S2/c1-12(2)14(17-23(20,21)13-6-5-11-22-13)15(19)16-7-10-18-8-3-4-9-18/h5-6,11-12,14,17H,3-4,7-10H2,1-2H3,(H,16,19). The van der Waals surface area contributed by atoms with E-state index in [1.807, 2.05) is 13.8 Å². The Hall–Kier alpha value is -0.960. The Morgan fingerprint density at radius 1 is 1.35 bits per heavy atom. The predicted molar refractivity (Wildman–Crippen MR) is 92.0 cm³/mol. The molecule has 1 aromatic heterocycles. The van der Waals surface area contributed by atoms with Crippen LogP contribution in [0, 0.1) is 5.92 Å². The normalized spacial score (nSPS) is 17.5. The fourth-order valence-corrected chi connectivity index (χ4v) is 4.94. The average molecular weight is 360 g/mol. The van der Waals surface area contributed by atoms with Crippen molar-refractivity contribution in [1.82, 2.24) is 14.9 Å². The molecule has 0 radical (unpaired) electrons. The minimum Gasteiger partial charge on any atom is -0.353 e. The first-order valence-electron chi connectivity index (χ1n) is 7.96. The van der Waals surface area contributed by atoms with Crippen molar-refractivity contribution >= 4 is 27.3 Å². The van der Waals surface area contributed by atoms with Gasteiger partial charge in [0.25, 0.3) is 10.0 Å². The average Bonchev–Trinajstić information content (AvgIpc) is 3.17. The van der Waals surface area contributed by atoms with Crippen LogP contribution < -0.4 is 10.0 Å². The monoisotopic (exact) mass is 359 g/mol. The molecule has 2 heterocycles. The van der Waals surface area contributed by atoms with Crippen LogP contribution in [0.1, 0.15) is 26.7 Å². The van der Waals surface area contributed by atoms with E-state index in [1.54, 1.807) is 11.4 Å². The summed E-state index contributed by atoms with van der Waals surface area (Å²) < 4.78 is 27.4. The van der Waals surface area contributed by atoms with Crippen LogP contribution in [0.4, 0.5) is 0 Å². The molecule has 1 atom stereocenters. The third kappa shape index (κ3) is 5.27. The highest BCUT2D eigenvalue weighted by Gasteiger charge is 2.28. The molecule has 8 heteroatoms. The van der Waals surface area contributed by atoms with Crippen molar-refractivity contribution in [3.63, 3.8) is 0 Å². The molecule has 1 saturated heterocycles. The number of rotatable bonds is 8. The van der Waals surface area contributed by atoms with E-state index in [9.17, 15) is 13.2 Å². The summed E-state index contributed by atoms with van der Waals surface area (Å²) in [5.74, 6) is -0.393. The molecule has 2 rings (SSSR count). The van der Waals surface area contributed by atoms with Crippen molar-refractivity contribution in [3.8, 4) is 0 Å². The highest BCUT2D eigenvalue weighted by molar-refractivity contribution is 7.91. The molecule has 1 fully saturated rings. The lowest BCUT2D eigenvalue weighted by Gasteiger charge is -2.22. The lowest BCUT2D eigenvalue weighted by atomic mass is 10.1. The third-order valence-corrected chi connectivity index (χ3v) is 6.76. The summed E-state index contributed by atoms with van der Waals surface area (Å²) in [5.41, 5.74) is 0. The van der Waals surface area contributed by atoms with Crippen molar-refractivity contribution in [1.29, 1.82) is 0 Å². The molecule has 1 aromatic rings. The summed E-state index contributed by atoms with van der Waals surface area (Å²) in [5, 5.41) is 4.56. The topological polar surface area (TPSA) is 78.5 Å². The number of likely N-dealkylation sites (tertiary alicyclic amines) is 1. The van der Waals surface area contributed by atoms with Crippen molar-refractivity contribution in [2.45, 2.75) is 36.9 Å². The summed E-state index contributed by atoms with van der Waals surface area (Å²) in [6.45, 7) is 7.18. The number of hydrogen-bond donors (Lipinski definition) is 2. The number of nitrogens with zero attached hydrogens (tertiary/aromatic N) is 1. The number of nitrogens with one attached hydrogen (secondary N) is 2. The van der Waals surface area contributed by atoms with Gasteiger partial charge in [0.1, 0.15) is 10.3 Å². The minimum atomic E-state index is -3.65. The zero-order chi connectivity index (χ0) is 16.9. The van der Waals surface area contributed by atoms with E-state index < -0.39 is 16.1 Å². The maximum atomic E-state index is 12.4. The molecule has 2 N–H and O–H groups in total. The summed E-state index contributed by atoms with van der Waals surface area (Å²) in [7, 11) is -3.65. The third-order valence-electron chi connectivity index (χ3n) is 3.92. The lowest BCUT2D eigenvalue weighted by molar-refractivity contribution is -0.123. The molecule has 0 aromatic carbocycles. The zero-order valence-electron chi connectivity index (χ0n) is 13.6. The summed E-state index contributed by atoms with van der Waals surface area (Å²) in [6.07, 6.45) is 2.42. The van der Waals surface area contributed by atoms with Gasteiger partial charge in [-0.25, -0.2) is 8.42 Å². The smallest absolute Gasteiger partial charge is 0.250 e. The number of amides is 1. The van der Waals surface area contributed by atoms with Crippen LogP contribution in [-0.4, -0.2) is 51.4 Å². The molecular weight excluding hydrogens is 334 g/mol. The molecule has 1 aliphatic heterocycles. The Morgan fingerprint density at radius 2 is 2.04 bits per heavy atom. The fourth-order valence-electron chi connectivity index (χ4n) is 2.59. The second-order valence-corrected chi connectivity index (χ2v) is 9.00. The molecule has 0 bridgehead atoms. The van der Waals surface area contributed by atoms with E-state index >= 15 is 0 Å². The maximum absolute atomic E-state index is 12.4. The van der Waals surface area contributed by atoms with E-state index in [4.69, 9.17) is 0 Å². The highest BCUT2D eigenvalue weighted by atomic mass is 32.2. The van der Waals surface area contributed by atoms with Crippen molar-refractivity contribution in [2.24, 2.45) is 5.92 Å². The van der Waals surface area contributed by atoms with Crippen molar-refractivity contribution < 1.29 is 13.2 Å². The Bertz CT molecular complexity index is 593. The first-order chi connectivity index (χ1) is 10.9. The minimum absolute atomic E-state index is 0.128. The summed E-state index contributed by atoms with van der Waals surface area (Å²) >= 11 is 1.14. The lowest BCUT2D eigenvalue weighted by Crippen LogP contribution is -2.50. The molecule has 6 nitrogen and oxygen atoms in total. The van der Waals surface area contributed by atoms with E-state index in [2.05, 4.69) is 14.9 Å². The van der Waals surface area contributed by atoms with E-state index in [-0.39, 0.29) is 16.0 Å². The summed E-state index contributed by atoms with van der Waals surface area (Å²) in [6, 6.07) is 2.45. The molecule has 0 aliphatic carbocycles. The molecule has 1 unspecified atom stereocenters. The van der Waals surface area contributed by atoms with Crippen molar-refractivity contribution in [2.75, 3.05) is 26.2 Å². The van der Waals surface area contributed by atoms with Gasteiger partial charge in [0.05, 0.1) is 0 Å². The van der Waals surface area contributed by atoms with Gasteiger partial charge in [-0.15, -0.1) is 11.3 Å². The van der Waals surface area contributed by atoms with E-state index in [0.29, 0.717) is 6.54 Å². The Labute approximate surface area is 142 Å². The van der Waals surface area contributed by atoms with E-state index in [1.165, 1.54) is 18.9 Å². The van der Waals surface area contributed by atoms with Gasteiger partial charge in [0.2, 0.25) is 5.91 Å². The Balaban J connectivity index is 1.90. The van der Waals surface area contributed by atoms with Crippen LogP contribution in [-0.2, 0) is 14.8 Å². The molecule has 23 heavy (non-hydrogen) atoms. The second kappa shape index (κ2) is 8.23.